The van der Waals surface area contributed by atoms with Gasteiger partial charge in [0.1, 0.15) is 5.75 Å². The third kappa shape index (κ3) is 2.93. The van der Waals surface area contributed by atoms with Gasteiger partial charge in [-0.05, 0) is 48.9 Å². The molecule has 120 valence electrons. The second-order valence-corrected chi connectivity index (χ2v) is 6.73. The number of nitrogens with one attached hydrogen (secondary N) is 3. The molecule has 0 atom stereocenters. The molecule has 0 saturated carbocycles. The first-order valence-electron chi connectivity index (χ1n) is 6.78. The summed E-state index contributed by atoms with van der Waals surface area (Å²) in [4.78, 5) is 16.6. The van der Waals surface area contributed by atoms with E-state index in [1.807, 2.05) is 0 Å². The lowest BCUT2D eigenvalue weighted by Gasteiger charge is -2.11. The van der Waals surface area contributed by atoms with Gasteiger partial charge in [-0.25, -0.2) is 13.2 Å². The minimum absolute atomic E-state index is 0.168. The van der Waals surface area contributed by atoms with Crippen molar-refractivity contribution in [2.24, 2.45) is 0 Å². The second kappa shape index (κ2) is 5.47. The van der Waals surface area contributed by atoms with Gasteiger partial charge in [0.05, 0.1) is 28.7 Å². The van der Waals surface area contributed by atoms with Gasteiger partial charge in [0.15, 0.2) is 0 Å². The van der Waals surface area contributed by atoms with Crippen molar-refractivity contribution in [2.75, 3.05) is 11.8 Å². The first-order chi connectivity index (χ1) is 10.9. The summed E-state index contributed by atoms with van der Waals surface area (Å²) in [5.74, 6) is 0.591. The van der Waals surface area contributed by atoms with Gasteiger partial charge in [-0.15, -0.1) is 0 Å². The first-order valence-corrected chi connectivity index (χ1v) is 8.27. The zero-order valence-electron chi connectivity index (χ0n) is 12.5. The molecule has 3 N–H and O–H groups in total. The van der Waals surface area contributed by atoms with Crippen LogP contribution in [0.25, 0.3) is 11.0 Å². The fourth-order valence-electron chi connectivity index (χ4n) is 2.36. The van der Waals surface area contributed by atoms with E-state index in [0.29, 0.717) is 28.0 Å². The Balaban J connectivity index is 1.97. The first kappa shape index (κ1) is 15.2. The highest BCUT2D eigenvalue weighted by Crippen LogP contribution is 2.24. The van der Waals surface area contributed by atoms with Crippen molar-refractivity contribution in [3.63, 3.8) is 0 Å². The zero-order chi connectivity index (χ0) is 16.6. The second-order valence-electron chi connectivity index (χ2n) is 5.08. The Morgan fingerprint density at radius 2 is 1.78 bits per heavy atom. The van der Waals surface area contributed by atoms with Gasteiger partial charge in [-0.3, -0.25) is 4.72 Å². The molecule has 0 aliphatic carbocycles. The molecule has 0 spiro atoms. The molecule has 8 heteroatoms. The van der Waals surface area contributed by atoms with E-state index in [2.05, 4.69) is 14.7 Å². The van der Waals surface area contributed by atoms with E-state index in [0.717, 1.165) is 0 Å². The predicted molar refractivity (Wildman–Crippen MR) is 87.5 cm³/mol. The van der Waals surface area contributed by atoms with Gasteiger partial charge in [-0.2, -0.15) is 0 Å². The average Bonchev–Trinajstić information content (AvgIpc) is 2.85. The van der Waals surface area contributed by atoms with E-state index in [1.54, 1.807) is 37.3 Å². The largest absolute Gasteiger partial charge is 0.497 e. The summed E-state index contributed by atoms with van der Waals surface area (Å²) in [6.07, 6.45) is 0. The summed E-state index contributed by atoms with van der Waals surface area (Å²) in [5, 5.41) is 0. The van der Waals surface area contributed by atoms with Crippen LogP contribution in [-0.4, -0.2) is 25.5 Å². The molecule has 0 saturated heterocycles. The van der Waals surface area contributed by atoms with E-state index in [1.165, 1.54) is 13.2 Å². The van der Waals surface area contributed by atoms with Crippen molar-refractivity contribution in [1.29, 1.82) is 0 Å². The number of methoxy groups -OCH3 is 1. The van der Waals surface area contributed by atoms with Gasteiger partial charge in [-0.1, -0.05) is 0 Å². The molecular weight excluding hydrogens is 318 g/mol. The highest BCUT2D eigenvalue weighted by Gasteiger charge is 2.17. The summed E-state index contributed by atoms with van der Waals surface area (Å²) in [5.41, 5.74) is 1.74. The van der Waals surface area contributed by atoms with Crippen LogP contribution in [0.4, 0.5) is 5.69 Å². The number of rotatable bonds is 4. The van der Waals surface area contributed by atoms with Crippen LogP contribution in [0.15, 0.2) is 46.1 Å². The molecule has 1 heterocycles. The third-order valence-corrected chi connectivity index (χ3v) is 4.98. The standard InChI is InChI=1S/C15H15N3O4S/c1-9-7-11(22-2)4-6-14(9)23(20,21)18-10-3-5-12-13(8-10)17-15(19)16-12/h3-8,18H,1-2H3,(H2,16,17,19). The molecule has 0 amide bonds. The molecule has 7 nitrogen and oxygen atoms in total. The molecule has 1 aromatic heterocycles. The molecule has 0 aliphatic rings. The number of imidazole rings is 1. The molecule has 3 rings (SSSR count). The molecule has 0 radical (unpaired) electrons. The molecular formula is C15H15N3O4S. The van der Waals surface area contributed by atoms with Crippen LogP contribution < -0.4 is 15.1 Å². The van der Waals surface area contributed by atoms with E-state index in [-0.39, 0.29) is 10.6 Å². The Morgan fingerprint density at radius 3 is 2.48 bits per heavy atom. The normalized spacial score (nSPS) is 11.6. The van der Waals surface area contributed by atoms with E-state index >= 15 is 0 Å². The Bertz CT molecular complexity index is 1030. The predicted octanol–water partition coefficient (Wildman–Crippen LogP) is 1.97. The van der Waals surface area contributed by atoms with Crippen LogP contribution in [0.1, 0.15) is 5.56 Å². The minimum atomic E-state index is -3.74. The van der Waals surface area contributed by atoms with Crippen LogP contribution in [0.3, 0.4) is 0 Å². The van der Waals surface area contributed by atoms with E-state index < -0.39 is 10.0 Å². The number of benzene rings is 2. The highest BCUT2D eigenvalue weighted by atomic mass is 32.2. The van der Waals surface area contributed by atoms with Crippen LogP contribution in [-0.2, 0) is 10.0 Å². The number of anilines is 1. The number of aryl methyl sites for hydroxylation is 1. The van der Waals surface area contributed by atoms with Crippen molar-refractivity contribution in [1.82, 2.24) is 9.97 Å². The molecule has 0 bridgehead atoms. The van der Waals surface area contributed by atoms with E-state index in [9.17, 15) is 13.2 Å². The molecule has 0 unspecified atom stereocenters. The summed E-state index contributed by atoms with van der Waals surface area (Å²) < 4.78 is 32.7. The Kier molecular flexibility index (Phi) is 3.61. The Morgan fingerprint density at radius 1 is 1.04 bits per heavy atom. The van der Waals surface area contributed by atoms with Gasteiger partial charge in [0, 0.05) is 0 Å². The number of aromatic nitrogens is 2. The number of sulfonamides is 1. The SMILES string of the molecule is COc1ccc(S(=O)(=O)Nc2ccc3[nH]c(=O)[nH]c3c2)c(C)c1. The number of H-pyrrole nitrogens is 2. The third-order valence-electron chi connectivity index (χ3n) is 3.44. The zero-order valence-corrected chi connectivity index (χ0v) is 13.3. The average molecular weight is 333 g/mol. The lowest BCUT2D eigenvalue weighted by molar-refractivity contribution is 0.414. The fourth-order valence-corrected chi connectivity index (χ4v) is 3.63. The van der Waals surface area contributed by atoms with Crippen molar-refractivity contribution < 1.29 is 13.2 Å². The molecule has 0 fully saturated rings. The Labute approximate surface area is 132 Å². The quantitative estimate of drug-likeness (QED) is 0.679. The lowest BCUT2D eigenvalue weighted by Crippen LogP contribution is -2.14. The van der Waals surface area contributed by atoms with Gasteiger partial charge in [0.2, 0.25) is 0 Å². The monoisotopic (exact) mass is 333 g/mol. The summed E-state index contributed by atoms with van der Waals surface area (Å²) >= 11 is 0. The molecule has 0 aliphatic heterocycles. The summed E-state index contributed by atoms with van der Waals surface area (Å²) in [6, 6.07) is 9.52. The van der Waals surface area contributed by atoms with Gasteiger partial charge < -0.3 is 14.7 Å². The van der Waals surface area contributed by atoms with Crippen molar-refractivity contribution in [3.05, 3.63) is 52.4 Å². The van der Waals surface area contributed by atoms with Crippen LogP contribution >= 0.6 is 0 Å². The maximum Gasteiger partial charge on any atom is 0.323 e. The highest BCUT2D eigenvalue weighted by molar-refractivity contribution is 7.92. The number of fused-ring (bicyclic) bond motifs is 1. The summed E-state index contributed by atoms with van der Waals surface area (Å²) in [7, 11) is -2.22. The Hall–Kier alpha value is -2.74. The number of ether oxygens (including phenoxy) is 1. The molecule has 3 aromatic rings. The lowest BCUT2D eigenvalue weighted by atomic mass is 10.2. The van der Waals surface area contributed by atoms with E-state index in [4.69, 9.17) is 4.74 Å². The topological polar surface area (TPSA) is 104 Å². The summed E-state index contributed by atoms with van der Waals surface area (Å²) in [6.45, 7) is 1.70. The van der Waals surface area contributed by atoms with Gasteiger partial charge in [0.25, 0.3) is 10.0 Å². The molecule has 2 aromatic carbocycles. The number of aromatic amines is 2. The van der Waals surface area contributed by atoms with Gasteiger partial charge >= 0.3 is 5.69 Å². The number of hydrogen-bond acceptors (Lipinski definition) is 4. The molecule has 23 heavy (non-hydrogen) atoms. The van der Waals surface area contributed by atoms with Crippen molar-refractivity contribution >= 4 is 26.7 Å². The van der Waals surface area contributed by atoms with Crippen LogP contribution in [0.5, 0.6) is 5.75 Å². The van der Waals surface area contributed by atoms with Crippen LogP contribution in [0, 0.1) is 6.92 Å². The maximum absolute atomic E-state index is 12.5. The van der Waals surface area contributed by atoms with Crippen molar-refractivity contribution in [2.45, 2.75) is 11.8 Å². The maximum atomic E-state index is 12.5. The fraction of sp³-hybridized carbons (Fsp3) is 0.133. The minimum Gasteiger partial charge on any atom is -0.497 e. The number of hydrogen-bond donors (Lipinski definition) is 3. The van der Waals surface area contributed by atoms with Crippen molar-refractivity contribution in [3.8, 4) is 5.75 Å². The smallest absolute Gasteiger partial charge is 0.323 e. The van der Waals surface area contributed by atoms with Crippen LogP contribution in [0.2, 0.25) is 0 Å².